The molecule has 6 nitrogen and oxygen atoms in total. The third-order valence-electron chi connectivity index (χ3n) is 4.28. The summed E-state index contributed by atoms with van der Waals surface area (Å²) in [5.41, 5.74) is 7.91. The summed E-state index contributed by atoms with van der Waals surface area (Å²) in [5.74, 6) is -0.561. The van der Waals surface area contributed by atoms with E-state index in [2.05, 4.69) is 24.4 Å². The first-order valence-electron chi connectivity index (χ1n) is 8.52. The Labute approximate surface area is 143 Å². The number of nitrogens with one attached hydrogen (secondary N) is 1. The summed E-state index contributed by atoms with van der Waals surface area (Å²) in [6.45, 7) is 4.28. The van der Waals surface area contributed by atoms with Gasteiger partial charge in [-0.1, -0.05) is 37.6 Å². The largest absolute Gasteiger partial charge is 0.391 e. The number of hydrogen-bond donors (Lipinski definition) is 3. The summed E-state index contributed by atoms with van der Waals surface area (Å²) in [7, 11) is 0. The minimum atomic E-state index is -0.684. The molecule has 0 saturated carbocycles. The smallest absolute Gasteiger partial charge is 0.243 e. The fourth-order valence-electron chi connectivity index (χ4n) is 2.99. The van der Waals surface area contributed by atoms with Gasteiger partial charge in [-0.25, -0.2) is 0 Å². The molecule has 0 aliphatic carbocycles. The molecule has 1 aliphatic rings. The van der Waals surface area contributed by atoms with Crippen molar-refractivity contribution in [3.63, 3.8) is 0 Å². The van der Waals surface area contributed by atoms with Crippen molar-refractivity contribution in [1.82, 2.24) is 10.2 Å². The third kappa shape index (κ3) is 4.55. The van der Waals surface area contributed by atoms with E-state index in [1.54, 1.807) is 6.92 Å². The van der Waals surface area contributed by atoms with Crippen LogP contribution in [0, 0.1) is 0 Å². The maximum absolute atomic E-state index is 12.4. The van der Waals surface area contributed by atoms with Gasteiger partial charge < -0.3 is 21.1 Å². The molecule has 0 bridgehead atoms. The number of aliphatic hydroxyl groups excluding tert-OH is 1. The lowest BCUT2D eigenvalue weighted by molar-refractivity contribution is -0.139. The molecular formula is C18H27N3O3. The van der Waals surface area contributed by atoms with Crippen LogP contribution in [0.3, 0.4) is 0 Å². The van der Waals surface area contributed by atoms with Gasteiger partial charge in [0.05, 0.1) is 12.1 Å². The Hall–Kier alpha value is -1.92. The van der Waals surface area contributed by atoms with Gasteiger partial charge in [0.2, 0.25) is 11.8 Å². The number of likely N-dealkylation sites (tertiary alicyclic amines) is 1. The lowest BCUT2D eigenvalue weighted by Crippen LogP contribution is -2.50. The van der Waals surface area contributed by atoms with Crippen LogP contribution in [0.1, 0.15) is 37.8 Å². The Kier molecular flexibility index (Phi) is 6.34. The first kappa shape index (κ1) is 18.4. The van der Waals surface area contributed by atoms with Crippen LogP contribution in [0.2, 0.25) is 0 Å². The predicted octanol–water partition coefficient (Wildman–Crippen LogP) is 0.564. The number of amides is 2. The van der Waals surface area contributed by atoms with E-state index in [4.69, 9.17) is 5.73 Å². The zero-order chi connectivity index (χ0) is 17.7. The van der Waals surface area contributed by atoms with E-state index in [9.17, 15) is 14.7 Å². The second kappa shape index (κ2) is 8.26. The van der Waals surface area contributed by atoms with Crippen molar-refractivity contribution in [3.8, 4) is 0 Å². The summed E-state index contributed by atoms with van der Waals surface area (Å²) < 4.78 is 0. The molecule has 24 heavy (non-hydrogen) atoms. The van der Waals surface area contributed by atoms with Crippen molar-refractivity contribution in [2.45, 2.75) is 57.8 Å². The van der Waals surface area contributed by atoms with Gasteiger partial charge in [-0.2, -0.15) is 0 Å². The van der Waals surface area contributed by atoms with E-state index in [0.717, 1.165) is 18.4 Å². The molecule has 1 aliphatic heterocycles. The van der Waals surface area contributed by atoms with Crippen molar-refractivity contribution < 1.29 is 14.7 Å². The third-order valence-corrected chi connectivity index (χ3v) is 4.28. The Morgan fingerprint density at radius 1 is 1.33 bits per heavy atom. The first-order valence-corrected chi connectivity index (χ1v) is 8.52. The molecule has 1 aromatic carbocycles. The molecule has 0 spiro atoms. The Morgan fingerprint density at radius 3 is 2.54 bits per heavy atom. The van der Waals surface area contributed by atoms with Crippen LogP contribution in [0.25, 0.3) is 0 Å². The monoisotopic (exact) mass is 333 g/mol. The van der Waals surface area contributed by atoms with Crippen LogP contribution in [-0.4, -0.2) is 46.6 Å². The summed E-state index contributed by atoms with van der Waals surface area (Å²) >= 11 is 0. The summed E-state index contributed by atoms with van der Waals surface area (Å²) in [4.78, 5) is 25.9. The number of hydrogen-bond acceptors (Lipinski definition) is 4. The zero-order valence-corrected chi connectivity index (χ0v) is 14.4. The molecule has 1 unspecified atom stereocenters. The SMILES string of the molecule is CCCc1ccc(CNC(=O)[C@@H]2C[C@@H](O)CN2C(=O)C(C)N)cc1. The van der Waals surface area contributed by atoms with Gasteiger partial charge in [-0.15, -0.1) is 0 Å². The summed E-state index contributed by atoms with van der Waals surface area (Å²) in [5, 5.41) is 12.7. The lowest BCUT2D eigenvalue weighted by atomic mass is 10.1. The molecule has 4 N–H and O–H groups in total. The number of aliphatic hydroxyl groups is 1. The second-order valence-corrected chi connectivity index (χ2v) is 6.47. The quantitative estimate of drug-likeness (QED) is 0.709. The average molecular weight is 333 g/mol. The van der Waals surface area contributed by atoms with E-state index in [1.807, 2.05) is 12.1 Å². The van der Waals surface area contributed by atoms with E-state index >= 15 is 0 Å². The molecule has 6 heteroatoms. The van der Waals surface area contributed by atoms with Crippen LogP contribution in [0.4, 0.5) is 0 Å². The highest BCUT2D eigenvalue weighted by atomic mass is 16.3. The average Bonchev–Trinajstić information content (AvgIpc) is 2.95. The van der Waals surface area contributed by atoms with Crippen LogP contribution < -0.4 is 11.1 Å². The van der Waals surface area contributed by atoms with E-state index in [1.165, 1.54) is 10.5 Å². The van der Waals surface area contributed by atoms with Gasteiger partial charge in [0.1, 0.15) is 6.04 Å². The molecular weight excluding hydrogens is 306 g/mol. The molecule has 1 fully saturated rings. The summed E-state index contributed by atoms with van der Waals surface area (Å²) in [6, 6.07) is 6.79. The highest BCUT2D eigenvalue weighted by molar-refractivity contribution is 5.90. The molecule has 0 radical (unpaired) electrons. The number of carbonyl (C=O) groups is 2. The van der Waals surface area contributed by atoms with Crippen molar-refractivity contribution in [2.24, 2.45) is 5.73 Å². The molecule has 3 atom stereocenters. The number of aryl methyl sites for hydroxylation is 1. The normalized spacial score (nSPS) is 21.6. The van der Waals surface area contributed by atoms with Gasteiger partial charge >= 0.3 is 0 Å². The predicted molar refractivity (Wildman–Crippen MR) is 92.1 cm³/mol. The molecule has 1 aromatic rings. The van der Waals surface area contributed by atoms with Crippen LogP contribution >= 0.6 is 0 Å². The second-order valence-electron chi connectivity index (χ2n) is 6.47. The van der Waals surface area contributed by atoms with E-state index in [0.29, 0.717) is 6.54 Å². The van der Waals surface area contributed by atoms with Gasteiger partial charge in [-0.05, 0) is 24.5 Å². The minimum absolute atomic E-state index is 0.157. The number of rotatable bonds is 6. The number of nitrogens with two attached hydrogens (primary N) is 1. The van der Waals surface area contributed by atoms with Gasteiger partial charge in [-0.3, -0.25) is 9.59 Å². The molecule has 132 valence electrons. The molecule has 2 amide bonds. The van der Waals surface area contributed by atoms with Crippen molar-refractivity contribution in [3.05, 3.63) is 35.4 Å². The standard InChI is InChI=1S/C18H27N3O3/c1-3-4-13-5-7-14(8-6-13)10-20-17(23)16-9-15(22)11-21(16)18(24)12(2)19/h5-8,12,15-16,22H,3-4,9-11,19H2,1-2H3,(H,20,23)/t12?,15-,16+/m1/s1. The van der Waals surface area contributed by atoms with Crippen LogP contribution in [0.15, 0.2) is 24.3 Å². The minimum Gasteiger partial charge on any atom is -0.391 e. The van der Waals surface area contributed by atoms with Gasteiger partial charge in [0, 0.05) is 19.5 Å². The lowest BCUT2D eigenvalue weighted by Gasteiger charge is -2.25. The maximum atomic E-state index is 12.4. The fourth-order valence-corrected chi connectivity index (χ4v) is 2.99. The molecule has 1 heterocycles. The first-order chi connectivity index (χ1) is 11.4. The zero-order valence-electron chi connectivity index (χ0n) is 14.4. The van der Waals surface area contributed by atoms with E-state index < -0.39 is 18.2 Å². The topological polar surface area (TPSA) is 95.7 Å². The Bertz CT molecular complexity index is 571. The highest BCUT2D eigenvalue weighted by Gasteiger charge is 2.39. The van der Waals surface area contributed by atoms with Crippen molar-refractivity contribution in [1.29, 1.82) is 0 Å². The van der Waals surface area contributed by atoms with Crippen molar-refractivity contribution >= 4 is 11.8 Å². The fraction of sp³-hybridized carbons (Fsp3) is 0.556. The van der Waals surface area contributed by atoms with Crippen LogP contribution in [0.5, 0.6) is 0 Å². The van der Waals surface area contributed by atoms with Crippen molar-refractivity contribution in [2.75, 3.05) is 6.54 Å². The number of benzene rings is 1. The van der Waals surface area contributed by atoms with E-state index in [-0.39, 0.29) is 24.8 Å². The van der Waals surface area contributed by atoms with Crippen LogP contribution in [-0.2, 0) is 22.6 Å². The number of β-amino-alcohol motifs (C(OH)–C–C–N with tert-alkyl or cyclic N) is 1. The molecule has 1 saturated heterocycles. The Morgan fingerprint density at radius 2 is 1.96 bits per heavy atom. The molecule has 0 aromatic heterocycles. The highest BCUT2D eigenvalue weighted by Crippen LogP contribution is 2.19. The maximum Gasteiger partial charge on any atom is 0.243 e. The number of carbonyl (C=O) groups excluding carboxylic acids is 2. The van der Waals surface area contributed by atoms with Gasteiger partial charge in [0.25, 0.3) is 0 Å². The Balaban J connectivity index is 1.94. The van der Waals surface area contributed by atoms with Gasteiger partial charge in [0.15, 0.2) is 0 Å². The molecule has 2 rings (SSSR count). The number of nitrogens with zero attached hydrogens (tertiary/aromatic N) is 1. The summed E-state index contributed by atoms with van der Waals surface area (Å²) in [6.07, 6.45) is 1.71.